The fourth-order valence-electron chi connectivity index (χ4n) is 8.73. The van der Waals surface area contributed by atoms with E-state index in [1.54, 1.807) is 12.3 Å². The molecule has 38 heavy (non-hydrogen) atoms. The summed E-state index contributed by atoms with van der Waals surface area (Å²) in [7, 11) is 0. The van der Waals surface area contributed by atoms with E-state index in [-0.39, 0.29) is 17.2 Å². The van der Waals surface area contributed by atoms with Crippen LogP contribution in [0.25, 0.3) is 22.3 Å². The van der Waals surface area contributed by atoms with Crippen molar-refractivity contribution in [3.8, 4) is 11.3 Å². The molecule has 6 nitrogen and oxygen atoms in total. The molecule has 0 amide bonds. The number of hydrogen-bond acceptors (Lipinski definition) is 4. The van der Waals surface area contributed by atoms with E-state index < -0.39 is 0 Å². The molecule has 0 spiro atoms. The van der Waals surface area contributed by atoms with E-state index in [4.69, 9.17) is 4.98 Å². The number of nitrogens with one attached hydrogen (secondary N) is 1. The molecule has 200 valence electrons. The zero-order chi connectivity index (χ0) is 25.8. The Kier molecular flexibility index (Phi) is 6.26. The van der Waals surface area contributed by atoms with E-state index in [1.807, 2.05) is 18.2 Å². The van der Waals surface area contributed by atoms with Crippen molar-refractivity contribution in [2.75, 3.05) is 0 Å². The lowest BCUT2D eigenvalue weighted by molar-refractivity contribution is -0.0799. The summed E-state index contributed by atoms with van der Waals surface area (Å²) in [5, 5.41) is 0. The number of piperidine rings is 2. The Morgan fingerprint density at radius 2 is 1.71 bits per heavy atom. The second-order valence-corrected chi connectivity index (χ2v) is 12.7. The summed E-state index contributed by atoms with van der Waals surface area (Å²) < 4.78 is 2.07. The van der Waals surface area contributed by atoms with Crippen molar-refractivity contribution in [2.24, 2.45) is 17.8 Å². The first-order valence-corrected chi connectivity index (χ1v) is 15.0. The summed E-state index contributed by atoms with van der Waals surface area (Å²) in [6, 6.07) is 13.2. The molecule has 3 saturated carbocycles. The Morgan fingerprint density at radius 3 is 2.58 bits per heavy atom. The summed E-state index contributed by atoms with van der Waals surface area (Å²) in [6.45, 7) is 2.45. The minimum atomic E-state index is -0.174. The molecule has 8 rings (SSSR count). The summed E-state index contributed by atoms with van der Waals surface area (Å²) >= 11 is 0. The SMILES string of the molecule is CC1CCC2CC(n3c(=O)c(-c4ccc(=O)[nH]c4)nc4ccccc43)CC1N2C1CC2CCCCC1CC2. The lowest BCUT2D eigenvalue weighted by atomic mass is 9.67. The van der Waals surface area contributed by atoms with Crippen LogP contribution >= 0.6 is 0 Å². The maximum absolute atomic E-state index is 14.1. The number of H-pyrrole nitrogens is 1. The second-order valence-electron chi connectivity index (χ2n) is 12.7. The van der Waals surface area contributed by atoms with Gasteiger partial charge in [0.15, 0.2) is 0 Å². The van der Waals surface area contributed by atoms with E-state index in [0.29, 0.717) is 29.3 Å². The van der Waals surface area contributed by atoms with Gasteiger partial charge in [0.2, 0.25) is 5.56 Å². The molecule has 2 aromatic heterocycles. The average molecular weight is 513 g/mol. The minimum Gasteiger partial charge on any atom is -0.328 e. The predicted molar refractivity (Wildman–Crippen MR) is 151 cm³/mol. The van der Waals surface area contributed by atoms with Crippen molar-refractivity contribution in [2.45, 2.75) is 102 Å². The van der Waals surface area contributed by atoms with Crippen LogP contribution in [-0.4, -0.2) is 37.6 Å². The van der Waals surface area contributed by atoms with Crippen molar-refractivity contribution in [1.82, 2.24) is 19.4 Å². The van der Waals surface area contributed by atoms with Crippen LogP contribution in [0.2, 0.25) is 0 Å². The topological polar surface area (TPSA) is 71.0 Å². The summed E-state index contributed by atoms with van der Waals surface area (Å²) in [5.41, 5.74) is 2.66. The Morgan fingerprint density at radius 1 is 0.842 bits per heavy atom. The Labute approximate surface area is 224 Å². The van der Waals surface area contributed by atoms with E-state index in [0.717, 1.165) is 41.8 Å². The van der Waals surface area contributed by atoms with Crippen LogP contribution in [0.15, 0.2) is 52.2 Å². The molecular weight excluding hydrogens is 472 g/mol. The van der Waals surface area contributed by atoms with Gasteiger partial charge in [0, 0.05) is 42.0 Å². The summed E-state index contributed by atoms with van der Waals surface area (Å²) in [6.07, 6.45) is 16.1. The molecule has 2 aliphatic heterocycles. The maximum Gasteiger partial charge on any atom is 0.277 e. The highest BCUT2D eigenvalue weighted by molar-refractivity contribution is 5.77. The van der Waals surface area contributed by atoms with Gasteiger partial charge in [0.05, 0.1) is 11.0 Å². The zero-order valence-corrected chi connectivity index (χ0v) is 22.5. The zero-order valence-electron chi connectivity index (χ0n) is 22.5. The molecule has 4 bridgehead atoms. The highest BCUT2D eigenvalue weighted by Crippen LogP contribution is 2.49. The predicted octanol–water partition coefficient (Wildman–Crippen LogP) is 5.91. The summed E-state index contributed by atoms with van der Waals surface area (Å²) in [4.78, 5) is 36.3. The standard InChI is InChI=1S/C32H40N4O2/c1-20-10-14-24-17-25(18-28(20)35(24)29-16-21-6-2-3-7-22(29)12-11-21)36-27-9-5-4-8-26(27)34-31(32(36)38)23-13-15-30(37)33-19-23/h4-5,8-9,13,15,19-22,24-25,28-29H,2-3,6-7,10-12,14,16-18H2,1H3,(H,33,37). The third kappa shape index (κ3) is 4.16. The number of hydrogen-bond donors (Lipinski definition) is 1. The number of aromatic amines is 1. The molecule has 4 heterocycles. The van der Waals surface area contributed by atoms with Crippen LogP contribution in [0.1, 0.15) is 83.6 Å². The van der Waals surface area contributed by atoms with Crippen LogP contribution in [0.5, 0.6) is 0 Å². The van der Waals surface area contributed by atoms with Gasteiger partial charge in [-0.05, 0) is 80.9 Å². The molecular formula is C32H40N4O2. The highest BCUT2D eigenvalue weighted by Gasteiger charge is 2.48. The van der Waals surface area contributed by atoms with Crippen molar-refractivity contribution in [3.63, 3.8) is 0 Å². The monoisotopic (exact) mass is 512 g/mol. The maximum atomic E-state index is 14.1. The van der Waals surface area contributed by atoms with Gasteiger partial charge in [-0.1, -0.05) is 44.7 Å². The fraction of sp³-hybridized carbons (Fsp3) is 0.594. The van der Waals surface area contributed by atoms with E-state index in [9.17, 15) is 9.59 Å². The number of nitrogens with zero attached hydrogens (tertiary/aromatic N) is 3. The van der Waals surface area contributed by atoms with Gasteiger partial charge >= 0.3 is 0 Å². The van der Waals surface area contributed by atoms with E-state index >= 15 is 0 Å². The van der Waals surface area contributed by atoms with Gasteiger partial charge in [-0.15, -0.1) is 0 Å². The van der Waals surface area contributed by atoms with Crippen LogP contribution in [0.4, 0.5) is 0 Å². The molecule has 3 aromatic rings. The van der Waals surface area contributed by atoms with Gasteiger partial charge in [-0.2, -0.15) is 0 Å². The normalized spacial score (nSPS) is 33.7. The van der Waals surface area contributed by atoms with Gasteiger partial charge in [0.1, 0.15) is 5.69 Å². The number of para-hydroxylation sites is 2. The van der Waals surface area contributed by atoms with Gasteiger partial charge in [0.25, 0.3) is 5.56 Å². The van der Waals surface area contributed by atoms with Crippen LogP contribution in [-0.2, 0) is 0 Å². The molecule has 6 heteroatoms. The Hall–Kier alpha value is -2.73. The van der Waals surface area contributed by atoms with Gasteiger partial charge in [-0.25, -0.2) is 4.98 Å². The molecule has 2 saturated heterocycles. The Bertz CT molecular complexity index is 1420. The highest BCUT2D eigenvalue weighted by atomic mass is 16.1. The average Bonchev–Trinajstić information content (AvgIpc) is 2.91. The molecule has 7 atom stereocenters. The quantitative estimate of drug-likeness (QED) is 0.473. The third-order valence-corrected chi connectivity index (χ3v) is 10.6. The van der Waals surface area contributed by atoms with Gasteiger partial charge < -0.3 is 9.55 Å². The smallest absolute Gasteiger partial charge is 0.277 e. The largest absolute Gasteiger partial charge is 0.328 e. The lowest BCUT2D eigenvalue weighted by Crippen LogP contribution is -2.62. The number of fused-ring (bicyclic) bond motifs is 9. The molecule has 3 aliphatic carbocycles. The first kappa shape index (κ1) is 24.3. The number of aromatic nitrogens is 3. The van der Waals surface area contributed by atoms with E-state index in [1.165, 1.54) is 63.9 Å². The first-order chi connectivity index (χ1) is 18.6. The van der Waals surface area contributed by atoms with Crippen molar-refractivity contribution < 1.29 is 0 Å². The van der Waals surface area contributed by atoms with E-state index in [2.05, 4.69) is 27.4 Å². The Balaban J connectivity index is 1.29. The molecule has 0 radical (unpaired) electrons. The van der Waals surface area contributed by atoms with Crippen molar-refractivity contribution >= 4 is 11.0 Å². The summed E-state index contributed by atoms with van der Waals surface area (Å²) in [5.74, 6) is 2.42. The van der Waals surface area contributed by atoms with Crippen LogP contribution in [0.3, 0.4) is 0 Å². The molecule has 5 fully saturated rings. The molecule has 1 N–H and O–H groups in total. The van der Waals surface area contributed by atoms with Crippen molar-refractivity contribution in [3.05, 3.63) is 63.3 Å². The first-order valence-electron chi connectivity index (χ1n) is 15.0. The lowest BCUT2D eigenvalue weighted by Gasteiger charge is -2.58. The van der Waals surface area contributed by atoms with Gasteiger partial charge in [-0.3, -0.25) is 14.5 Å². The third-order valence-electron chi connectivity index (χ3n) is 10.6. The number of rotatable bonds is 3. The number of benzene rings is 1. The number of pyridine rings is 1. The van der Waals surface area contributed by atoms with Crippen molar-refractivity contribution in [1.29, 1.82) is 0 Å². The van der Waals surface area contributed by atoms with Crippen LogP contribution in [0, 0.1) is 17.8 Å². The second kappa shape index (κ2) is 9.78. The minimum absolute atomic E-state index is 0.0371. The fourth-order valence-corrected chi connectivity index (χ4v) is 8.73. The molecule has 1 aromatic carbocycles. The molecule has 5 aliphatic rings. The molecule has 7 unspecified atom stereocenters. The van der Waals surface area contributed by atoms with Crippen LogP contribution < -0.4 is 11.1 Å².